The summed E-state index contributed by atoms with van der Waals surface area (Å²) >= 11 is 11.1. The molecule has 0 rings (SSSR count). The molecule has 0 radical (unpaired) electrons. The number of nitrogens with zero attached hydrogens (tertiary/aromatic N) is 1. The van der Waals surface area contributed by atoms with Gasteiger partial charge < -0.3 is 0 Å². The summed E-state index contributed by atoms with van der Waals surface area (Å²) in [7, 11) is 0. The van der Waals surface area contributed by atoms with E-state index in [2.05, 4.69) is 11.5 Å². The summed E-state index contributed by atoms with van der Waals surface area (Å²) in [5.74, 6) is 1.31. The van der Waals surface area contributed by atoms with Crippen molar-refractivity contribution in [2.75, 3.05) is 31.4 Å². The average molecular weight is 182 g/mol. The molecule has 0 spiro atoms. The van der Waals surface area contributed by atoms with Gasteiger partial charge in [-0.1, -0.05) is 6.08 Å². The molecule has 0 bridgehead atoms. The first-order valence-corrected chi connectivity index (χ1v) is 4.37. The molecule has 0 amide bonds. The average Bonchev–Trinajstić information content (AvgIpc) is 1.90. The van der Waals surface area contributed by atoms with E-state index in [1.807, 2.05) is 6.08 Å². The Kier molecular flexibility index (Phi) is 7.59. The van der Waals surface area contributed by atoms with Gasteiger partial charge in [0.1, 0.15) is 0 Å². The van der Waals surface area contributed by atoms with E-state index < -0.39 is 0 Å². The van der Waals surface area contributed by atoms with Crippen LogP contribution in [0.25, 0.3) is 0 Å². The van der Waals surface area contributed by atoms with Crippen molar-refractivity contribution in [2.24, 2.45) is 0 Å². The van der Waals surface area contributed by atoms with Gasteiger partial charge in [-0.25, -0.2) is 0 Å². The Balaban J connectivity index is 3.38. The first-order valence-electron chi connectivity index (χ1n) is 3.30. The molecule has 10 heavy (non-hydrogen) atoms. The zero-order chi connectivity index (χ0) is 7.82. The summed E-state index contributed by atoms with van der Waals surface area (Å²) in [6.45, 7) is 6.29. The summed E-state index contributed by atoms with van der Waals surface area (Å²) in [6.07, 6.45) is 1.86. The molecule has 0 aromatic rings. The molecule has 0 aliphatic heterocycles. The Labute approximate surface area is 72.6 Å². The van der Waals surface area contributed by atoms with Crippen molar-refractivity contribution < 1.29 is 0 Å². The van der Waals surface area contributed by atoms with Crippen molar-refractivity contribution in [3.8, 4) is 0 Å². The Morgan fingerprint density at radius 3 is 2.00 bits per heavy atom. The van der Waals surface area contributed by atoms with Crippen molar-refractivity contribution in [3.63, 3.8) is 0 Å². The molecule has 0 aromatic carbocycles. The Morgan fingerprint density at radius 1 is 1.20 bits per heavy atom. The lowest BCUT2D eigenvalue weighted by Crippen LogP contribution is -2.27. The smallest absolute Gasteiger partial charge is 0.0351 e. The van der Waals surface area contributed by atoms with Crippen LogP contribution in [-0.4, -0.2) is 36.3 Å². The van der Waals surface area contributed by atoms with Gasteiger partial charge in [0.2, 0.25) is 0 Å². The maximum atomic E-state index is 5.55. The van der Waals surface area contributed by atoms with Gasteiger partial charge in [0.15, 0.2) is 0 Å². The monoisotopic (exact) mass is 181 g/mol. The molecule has 3 heteroatoms. The van der Waals surface area contributed by atoms with Crippen molar-refractivity contribution in [1.82, 2.24) is 4.90 Å². The number of halogens is 2. The fourth-order valence-electron chi connectivity index (χ4n) is 0.716. The third-order valence-corrected chi connectivity index (χ3v) is 1.53. The van der Waals surface area contributed by atoms with Crippen molar-refractivity contribution in [3.05, 3.63) is 12.7 Å². The molecule has 0 N–H and O–H groups in total. The van der Waals surface area contributed by atoms with Crippen LogP contribution in [0.2, 0.25) is 0 Å². The Hall–Kier alpha value is 0.280. The topological polar surface area (TPSA) is 3.24 Å². The van der Waals surface area contributed by atoms with Crippen LogP contribution < -0.4 is 0 Å². The zero-order valence-corrected chi connectivity index (χ0v) is 7.53. The van der Waals surface area contributed by atoms with E-state index >= 15 is 0 Å². The molecule has 60 valence electrons. The SMILES string of the molecule is C=CCN(CCCl)CCCl. The summed E-state index contributed by atoms with van der Waals surface area (Å²) in [5, 5.41) is 0. The molecule has 0 saturated carbocycles. The lowest BCUT2D eigenvalue weighted by atomic mass is 10.5. The van der Waals surface area contributed by atoms with Crippen LogP contribution >= 0.6 is 23.2 Å². The molecular weight excluding hydrogens is 169 g/mol. The first-order chi connectivity index (χ1) is 4.85. The molecule has 0 heterocycles. The van der Waals surface area contributed by atoms with Gasteiger partial charge in [0.25, 0.3) is 0 Å². The second-order valence-corrected chi connectivity index (χ2v) is 2.72. The third-order valence-electron chi connectivity index (χ3n) is 1.19. The number of rotatable bonds is 6. The van der Waals surface area contributed by atoms with E-state index in [1.165, 1.54) is 0 Å². The van der Waals surface area contributed by atoms with Gasteiger partial charge in [-0.15, -0.1) is 29.8 Å². The molecule has 0 fully saturated rings. The molecule has 0 unspecified atom stereocenters. The molecule has 0 atom stereocenters. The predicted molar refractivity (Wildman–Crippen MR) is 48.1 cm³/mol. The Morgan fingerprint density at radius 2 is 1.70 bits per heavy atom. The van der Waals surface area contributed by atoms with Crippen molar-refractivity contribution in [2.45, 2.75) is 0 Å². The second-order valence-electron chi connectivity index (χ2n) is 1.97. The van der Waals surface area contributed by atoms with Crippen LogP contribution in [0.1, 0.15) is 0 Å². The lowest BCUT2D eigenvalue weighted by Gasteiger charge is -2.16. The van der Waals surface area contributed by atoms with Crippen LogP contribution in [-0.2, 0) is 0 Å². The maximum Gasteiger partial charge on any atom is 0.0351 e. The molecule has 0 aliphatic rings. The van der Waals surface area contributed by atoms with E-state index in [0.29, 0.717) is 11.8 Å². The fraction of sp³-hybridized carbons (Fsp3) is 0.714. The molecule has 0 aliphatic carbocycles. The van der Waals surface area contributed by atoms with E-state index in [-0.39, 0.29) is 0 Å². The van der Waals surface area contributed by atoms with Crippen LogP contribution in [0.15, 0.2) is 12.7 Å². The van der Waals surface area contributed by atoms with E-state index in [9.17, 15) is 0 Å². The number of hydrogen-bond acceptors (Lipinski definition) is 1. The highest BCUT2D eigenvalue weighted by Crippen LogP contribution is 1.91. The highest BCUT2D eigenvalue weighted by molar-refractivity contribution is 6.18. The van der Waals surface area contributed by atoms with E-state index in [0.717, 1.165) is 19.6 Å². The van der Waals surface area contributed by atoms with Gasteiger partial charge in [-0.3, -0.25) is 4.90 Å². The van der Waals surface area contributed by atoms with Gasteiger partial charge in [-0.05, 0) is 0 Å². The normalized spacial score (nSPS) is 10.3. The predicted octanol–water partition coefficient (Wildman–Crippen LogP) is 1.95. The third kappa shape index (κ3) is 5.10. The highest BCUT2D eigenvalue weighted by Gasteiger charge is 1.98. The van der Waals surface area contributed by atoms with Gasteiger partial charge in [-0.2, -0.15) is 0 Å². The van der Waals surface area contributed by atoms with Crippen LogP contribution in [0.4, 0.5) is 0 Å². The summed E-state index contributed by atoms with van der Waals surface area (Å²) in [4.78, 5) is 2.16. The van der Waals surface area contributed by atoms with Crippen LogP contribution in [0, 0.1) is 0 Å². The van der Waals surface area contributed by atoms with Gasteiger partial charge in [0, 0.05) is 31.4 Å². The van der Waals surface area contributed by atoms with Crippen LogP contribution in [0.3, 0.4) is 0 Å². The van der Waals surface area contributed by atoms with E-state index in [4.69, 9.17) is 23.2 Å². The second kappa shape index (κ2) is 7.39. The lowest BCUT2D eigenvalue weighted by molar-refractivity contribution is 0.341. The van der Waals surface area contributed by atoms with Crippen LogP contribution in [0.5, 0.6) is 0 Å². The molecular formula is C7H13Cl2N. The molecule has 0 aromatic heterocycles. The summed E-state index contributed by atoms with van der Waals surface area (Å²) in [6, 6.07) is 0. The summed E-state index contributed by atoms with van der Waals surface area (Å²) < 4.78 is 0. The maximum absolute atomic E-state index is 5.55. The molecule has 0 saturated heterocycles. The highest BCUT2D eigenvalue weighted by atomic mass is 35.5. The standard InChI is InChI=1S/C7H13Cl2N/c1-2-5-10(6-3-8)7-4-9/h2H,1,3-7H2. The summed E-state index contributed by atoms with van der Waals surface area (Å²) in [5.41, 5.74) is 0. The molecule has 1 nitrogen and oxygen atoms in total. The van der Waals surface area contributed by atoms with E-state index in [1.54, 1.807) is 0 Å². The van der Waals surface area contributed by atoms with Crippen molar-refractivity contribution >= 4 is 23.2 Å². The minimum atomic E-state index is 0.657. The van der Waals surface area contributed by atoms with Gasteiger partial charge in [0.05, 0.1) is 0 Å². The minimum Gasteiger partial charge on any atom is -0.297 e. The first kappa shape index (κ1) is 10.3. The number of alkyl halides is 2. The quantitative estimate of drug-likeness (QED) is 0.448. The Bertz CT molecular complexity index is 79.7. The minimum absolute atomic E-state index is 0.657. The van der Waals surface area contributed by atoms with Crippen molar-refractivity contribution in [1.29, 1.82) is 0 Å². The number of hydrogen-bond donors (Lipinski definition) is 0. The zero-order valence-electron chi connectivity index (χ0n) is 6.02. The fourth-order valence-corrected chi connectivity index (χ4v) is 1.19. The largest absolute Gasteiger partial charge is 0.297 e. The van der Waals surface area contributed by atoms with Gasteiger partial charge >= 0.3 is 0 Å².